The minimum absolute atomic E-state index is 0.00443. The lowest BCUT2D eigenvalue weighted by Crippen LogP contribution is -2.37. The van der Waals surface area contributed by atoms with E-state index in [4.69, 9.17) is 4.74 Å². The second-order valence-electron chi connectivity index (χ2n) is 4.87. The number of carbonyl (C=O) groups is 1. The molecule has 0 amide bonds. The van der Waals surface area contributed by atoms with Crippen LogP contribution in [0.15, 0.2) is 47.4 Å². The van der Waals surface area contributed by atoms with Gasteiger partial charge in [-0.15, -0.1) is 0 Å². The van der Waals surface area contributed by atoms with Crippen molar-refractivity contribution in [3.63, 3.8) is 0 Å². The summed E-state index contributed by atoms with van der Waals surface area (Å²) in [7, 11) is -4.64. The van der Waals surface area contributed by atoms with Crippen LogP contribution in [-0.2, 0) is 19.6 Å². The van der Waals surface area contributed by atoms with Gasteiger partial charge in [-0.1, -0.05) is 0 Å². The fourth-order valence-corrected chi connectivity index (χ4v) is 3.53. The molecular formula is C16H14F3NO4S. The topological polar surface area (TPSA) is 63.7 Å². The Kier molecular flexibility index (Phi) is 5.68. The van der Waals surface area contributed by atoms with E-state index in [1.807, 2.05) is 0 Å². The standard InChI is InChI=1S/C16H14F3NO4S/c1-2-24-16(21)10-20(13-6-3-11(17)4-7-13)25(22,23)15-9-12(18)5-8-14(15)19/h3-9H,2,10H2,1H3. The molecule has 0 unspecified atom stereocenters. The van der Waals surface area contributed by atoms with Gasteiger partial charge in [0.15, 0.2) is 0 Å². The van der Waals surface area contributed by atoms with E-state index in [0.29, 0.717) is 16.4 Å². The van der Waals surface area contributed by atoms with Crippen molar-refractivity contribution in [3.8, 4) is 0 Å². The second kappa shape index (κ2) is 7.56. The third-order valence-corrected chi connectivity index (χ3v) is 4.94. The molecule has 0 aliphatic heterocycles. The molecule has 0 N–H and O–H groups in total. The molecule has 134 valence electrons. The van der Waals surface area contributed by atoms with Gasteiger partial charge in [0, 0.05) is 0 Å². The molecule has 9 heteroatoms. The Morgan fingerprint density at radius 1 is 1.04 bits per heavy atom. The van der Waals surface area contributed by atoms with Crippen LogP contribution in [0.3, 0.4) is 0 Å². The zero-order valence-electron chi connectivity index (χ0n) is 13.1. The van der Waals surface area contributed by atoms with Crippen molar-refractivity contribution in [2.45, 2.75) is 11.8 Å². The zero-order valence-corrected chi connectivity index (χ0v) is 13.9. The first-order valence-electron chi connectivity index (χ1n) is 7.14. The molecule has 0 aromatic heterocycles. The molecule has 0 heterocycles. The third kappa shape index (κ3) is 4.30. The van der Waals surface area contributed by atoms with Crippen LogP contribution in [0.25, 0.3) is 0 Å². The molecule has 0 fully saturated rings. The van der Waals surface area contributed by atoms with Crippen molar-refractivity contribution < 1.29 is 31.1 Å². The lowest BCUT2D eigenvalue weighted by Gasteiger charge is -2.23. The van der Waals surface area contributed by atoms with Gasteiger partial charge in [0.25, 0.3) is 10.0 Å². The normalized spacial score (nSPS) is 11.2. The Morgan fingerprint density at radius 3 is 2.24 bits per heavy atom. The molecule has 0 atom stereocenters. The summed E-state index contributed by atoms with van der Waals surface area (Å²) in [6.45, 7) is 0.753. The van der Waals surface area contributed by atoms with E-state index >= 15 is 0 Å². The van der Waals surface area contributed by atoms with E-state index in [9.17, 15) is 26.4 Å². The maximum atomic E-state index is 13.9. The van der Waals surface area contributed by atoms with Gasteiger partial charge in [-0.2, -0.15) is 0 Å². The molecule has 2 rings (SSSR count). The van der Waals surface area contributed by atoms with Gasteiger partial charge in [-0.05, 0) is 49.4 Å². The average molecular weight is 373 g/mol. The zero-order chi connectivity index (χ0) is 18.6. The predicted molar refractivity (Wildman–Crippen MR) is 83.9 cm³/mol. The summed E-state index contributed by atoms with van der Waals surface area (Å²) in [5, 5.41) is 0. The summed E-state index contributed by atoms with van der Waals surface area (Å²) in [5.41, 5.74) is -0.0990. The van der Waals surface area contributed by atoms with Crippen molar-refractivity contribution in [2.24, 2.45) is 0 Å². The number of hydrogen-bond acceptors (Lipinski definition) is 4. The Morgan fingerprint density at radius 2 is 1.64 bits per heavy atom. The minimum Gasteiger partial charge on any atom is -0.465 e. The van der Waals surface area contributed by atoms with E-state index in [2.05, 4.69) is 0 Å². The van der Waals surface area contributed by atoms with Crippen LogP contribution in [0.5, 0.6) is 0 Å². The number of carbonyl (C=O) groups excluding carboxylic acids is 1. The van der Waals surface area contributed by atoms with Crippen LogP contribution in [0.1, 0.15) is 6.92 Å². The molecular weight excluding hydrogens is 359 g/mol. The smallest absolute Gasteiger partial charge is 0.326 e. The van der Waals surface area contributed by atoms with Crippen LogP contribution in [-0.4, -0.2) is 27.5 Å². The Hall–Kier alpha value is -2.55. The van der Waals surface area contributed by atoms with Crippen molar-refractivity contribution in [3.05, 3.63) is 59.9 Å². The molecule has 0 spiro atoms. The van der Waals surface area contributed by atoms with Crippen LogP contribution in [0.4, 0.5) is 18.9 Å². The summed E-state index contributed by atoms with van der Waals surface area (Å²) >= 11 is 0. The Labute approximate surface area is 142 Å². The average Bonchev–Trinajstić information content (AvgIpc) is 2.56. The van der Waals surface area contributed by atoms with E-state index in [-0.39, 0.29) is 12.3 Å². The highest BCUT2D eigenvalue weighted by Crippen LogP contribution is 2.26. The minimum atomic E-state index is -4.64. The highest BCUT2D eigenvalue weighted by atomic mass is 32.2. The van der Waals surface area contributed by atoms with Gasteiger partial charge in [0.2, 0.25) is 0 Å². The fraction of sp³-hybridized carbons (Fsp3) is 0.188. The molecule has 0 aliphatic rings. The molecule has 0 aliphatic carbocycles. The van der Waals surface area contributed by atoms with Crippen LogP contribution < -0.4 is 4.31 Å². The summed E-state index contributed by atoms with van der Waals surface area (Å²) in [4.78, 5) is 10.8. The van der Waals surface area contributed by atoms with Gasteiger partial charge in [0.1, 0.15) is 28.9 Å². The monoisotopic (exact) mass is 373 g/mol. The molecule has 2 aromatic rings. The molecule has 2 aromatic carbocycles. The number of nitrogens with zero attached hydrogens (tertiary/aromatic N) is 1. The van der Waals surface area contributed by atoms with Crippen LogP contribution >= 0.6 is 0 Å². The summed E-state index contributed by atoms with van der Waals surface area (Å²) in [5.74, 6) is -3.67. The highest BCUT2D eigenvalue weighted by molar-refractivity contribution is 7.92. The SMILES string of the molecule is CCOC(=O)CN(c1ccc(F)cc1)S(=O)(=O)c1cc(F)ccc1F. The lowest BCUT2D eigenvalue weighted by molar-refractivity contribution is -0.141. The maximum absolute atomic E-state index is 13.9. The first-order chi connectivity index (χ1) is 11.8. The van der Waals surface area contributed by atoms with Crippen LogP contribution in [0.2, 0.25) is 0 Å². The van der Waals surface area contributed by atoms with Gasteiger partial charge in [-0.3, -0.25) is 9.10 Å². The largest absolute Gasteiger partial charge is 0.465 e. The predicted octanol–water partition coefficient (Wildman–Crippen LogP) is 2.86. The number of benzene rings is 2. The molecule has 0 saturated heterocycles. The molecule has 25 heavy (non-hydrogen) atoms. The quantitative estimate of drug-likeness (QED) is 0.731. The van der Waals surface area contributed by atoms with Gasteiger partial charge in [0.05, 0.1) is 12.3 Å². The van der Waals surface area contributed by atoms with E-state index < -0.39 is 44.9 Å². The van der Waals surface area contributed by atoms with Crippen molar-refractivity contribution in [1.82, 2.24) is 0 Å². The number of hydrogen-bond donors (Lipinski definition) is 0. The van der Waals surface area contributed by atoms with E-state index in [0.717, 1.165) is 30.3 Å². The van der Waals surface area contributed by atoms with Crippen molar-refractivity contribution in [1.29, 1.82) is 0 Å². The third-order valence-electron chi connectivity index (χ3n) is 3.15. The first-order valence-corrected chi connectivity index (χ1v) is 8.58. The molecule has 0 bridgehead atoms. The number of halogens is 3. The number of rotatable bonds is 6. The lowest BCUT2D eigenvalue weighted by atomic mass is 10.3. The number of anilines is 1. The fourth-order valence-electron chi connectivity index (χ4n) is 2.04. The molecule has 5 nitrogen and oxygen atoms in total. The summed E-state index contributed by atoms with van der Waals surface area (Å²) in [6.07, 6.45) is 0. The van der Waals surface area contributed by atoms with E-state index in [1.54, 1.807) is 0 Å². The van der Waals surface area contributed by atoms with E-state index in [1.165, 1.54) is 6.92 Å². The Balaban J connectivity index is 2.54. The Bertz CT molecular complexity index is 869. The van der Waals surface area contributed by atoms with Crippen molar-refractivity contribution >= 4 is 21.7 Å². The van der Waals surface area contributed by atoms with Crippen LogP contribution in [0, 0.1) is 17.5 Å². The van der Waals surface area contributed by atoms with Gasteiger partial charge < -0.3 is 4.74 Å². The number of ether oxygens (including phenoxy) is 1. The highest BCUT2D eigenvalue weighted by Gasteiger charge is 2.30. The first kappa shape index (κ1) is 18.8. The summed E-state index contributed by atoms with van der Waals surface area (Å²) < 4.78 is 71.2. The van der Waals surface area contributed by atoms with Gasteiger partial charge >= 0.3 is 5.97 Å². The summed E-state index contributed by atoms with van der Waals surface area (Å²) in [6, 6.07) is 6.09. The second-order valence-corrected chi connectivity index (χ2v) is 6.70. The number of sulfonamides is 1. The van der Waals surface area contributed by atoms with Crippen molar-refractivity contribution in [2.75, 3.05) is 17.5 Å². The molecule has 0 saturated carbocycles. The number of esters is 1. The maximum Gasteiger partial charge on any atom is 0.326 e. The molecule has 0 radical (unpaired) electrons. The van der Waals surface area contributed by atoms with Gasteiger partial charge in [-0.25, -0.2) is 21.6 Å².